The van der Waals surface area contributed by atoms with E-state index >= 15 is 0 Å². The summed E-state index contributed by atoms with van der Waals surface area (Å²) in [5.74, 6) is 2.46. The first kappa shape index (κ1) is 23.9. The highest BCUT2D eigenvalue weighted by molar-refractivity contribution is 14.0. The van der Waals surface area contributed by atoms with E-state index in [1.807, 2.05) is 7.05 Å². The van der Waals surface area contributed by atoms with Gasteiger partial charge in [0.2, 0.25) is 0 Å². The van der Waals surface area contributed by atoms with Crippen LogP contribution < -0.4 is 10.6 Å². The Kier molecular flexibility index (Phi) is 14.1. The van der Waals surface area contributed by atoms with E-state index in [-0.39, 0.29) is 24.0 Å². The first-order valence-corrected chi connectivity index (χ1v) is 9.23. The second-order valence-corrected chi connectivity index (χ2v) is 7.25. The second kappa shape index (κ2) is 14.1. The number of halogens is 1. The number of nitrogens with zero attached hydrogens (tertiary/aromatic N) is 2. The zero-order valence-electron chi connectivity index (χ0n) is 16.3. The van der Waals surface area contributed by atoms with Crippen LogP contribution in [0.5, 0.6) is 0 Å². The van der Waals surface area contributed by atoms with Crippen LogP contribution in [0.3, 0.4) is 0 Å². The van der Waals surface area contributed by atoms with Gasteiger partial charge < -0.3 is 20.3 Å². The molecule has 6 heteroatoms. The van der Waals surface area contributed by atoms with Gasteiger partial charge in [0.15, 0.2) is 5.96 Å². The van der Waals surface area contributed by atoms with Crippen molar-refractivity contribution < 1.29 is 4.74 Å². The van der Waals surface area contributed by atoms with Crippen molar-refractivity contribution in [2.75, 3.05) is 46.9 Å². The summed E-state index contributed by atoms with van der Waals surface area (Å²) < 4.78 is 5.16. The zero-order valence-corrected chi connectivity index (χ0v) is 18.6. The number of likely N-dealkylation sites (tertiary alicyclic amines) is 1. The van der Waals surface area contributed by atoms with Gasteiger partial charge in [-0.05, 0) is 57.5 Å². The summed E-state index contributed by atoms with van der Waals surface area (Å²) in [6.45, 7) is 12.1. The Morgan fingerprint density at radius 3 is 2.42 bits per heavy atom. The Bertz CT molecular complexity index is 331. The van der Waals surface area contributed by atoms with Crippen molar-refractivity contribution in [3.8, 4) is 0 Å². The predicted molar refractivity (Wildman–Crippen MR) is 114 cm³/mol. The lowest BCUT2D eigenvalue weighted by Gasteiger charge is -2.32. The molecule has 0 amide bonds. The number of hydrogen-bond acceptors (Lipinski definition) is 3. The molecule has 0 aromatic rings. The third kappa shape index (κ3) is 10.7. The molecule has 0 spiro atoms. The van der Waals surface area contributed by atoms with Gasteiger partial charge in [-0.1, -0.05) is 13.8 Å². The van der Waals surface area contributed by atoms with Crippen molar-refractivity contribution in [2.45, 2.75) is 52.5 Å². The Morgan fingerprint density at radius 2 is 1.88 bits per heavy atom. The van der Waals surface area contributed by atoms with E-state index in [2.05, 4.69) is 41.3 Å². The maximum atomic E-state index is 5.16. The molecule has 0 aliphatic carbocycles. The van der Waals surface area contributed by atoms with Crippen molar-refractivity contribution in [3.05, 3.63) is 0 Å². The molecule has 1 heterocycles. The molecule has 0 bridgehead atoms. The first-order chi connectivity index (χ1) is 11.0. The van der Waals surface area contributed by atoms with Crippen LogP contribution in [0.4, 0.5) is 0 Å². The number of piperidine rings is 1. The molecular formula is C18H39IN4O. The van der Waals surface area contributed by atoms with Gasteiger partial charge in [-0.15, -0.1) is 24.0 Å². The highest BCUT2D eigenvalue weighted by atomic mass is 127. The number of hydrogen-bond donors (Lipinski definition) is 2. The highest BCUT2D eigenvalue weighted by Gasteiger charge is 2.19. The average molecular weight is 454 g/mol. The average Bonchev–Trinajstić information content (AvgIpc) is 2.55. The van der Waals surface area contributed by atoms with Crippen molar-refractivity contribution in [2.24, 2.45) is 16.8 Å². The van der Waals surface area contributed by atoms with Crippen LogP contribution in [-0.4, -0.2) is 63.8 Å². The Morgan fingerprint density at radius 1 is 1.21 bits per heavy atom. The van der Waals surface area contributed by atoms with E-state index in [0.717, 1.165) is 37.5 Å². The Hall–Kier alpha value is -0.0800. The molecule has 0 aromatic heterocycles. The van der Waals surface area contributed by atoms with Crippen LogP contribution in [-0.2, 0) is 4.74 Å². The van der Waals surface area contributed by atoms with Crippen molar-refractivity contribution >= 4 is 29.9 Å². The van der Waals surface area contributed by atoms with Gasteiger partial charge in [-0.2, -0.15) is 0 Å². The SMILES string of the molecule is CN=C(NCC1CCN(CCOC)CC1)NC(C)CCC(C)C.I. The molecule has 1 saturated heterocycles. The van der Waals surface area contributed by atoms with Crippen LogP contribution in [0, 0.1) is 11.8 Å². The van der Waals surface area contributed by atoms with E-state index in [4.69, 9.17) is 4.74 Å². The van der Waals surface area contributed by atoms with Crippen LogP contribution in [0.25, 0.3) is 0 Å². The molecule has 1 rings (SSSR count). The first-order valence-electron chi connectivity index (χ1n) is 9.23. The number of rotatable bonds is 9. The minimum atomic E-state index is 0. The van der Waals surface area contributed by atoms with Gasteiger partial charge in [0, 0.05) is 33.3 Å². The minimum Gasteiger partial charge on any atom is -0.383 e. The molecule has 1 aliphatic rings. The molecule has 1 fully saturated rings. The van der Waals surface area contributed by atoms with E-state index in [1.165, 1.54) is 38.8 Å². The van der Waals surface area contributed by atoms with Crippen molar-refractivity contribution in [1.29, 1.82) is 0 Å². The van der Waals surface area contributed by atoms with Gasteiger partial charge in [0.05, 0.1) is 6.61 Å². The number of nitrogens with one attached hydrogen (secondary N) is 2. The summed E-state index contributed by atoms with van der Waals surface area (Å²) in [6, 6.07) is 0.472. The maximum Gasteiger partial charge on any atom is 0.191 e. The number of methoxy groups -OCH3 is 1. The fourth-order valence-electron chi connectivity index (χ4n) is 2.96. The van der Waals surface area contributed by atoms with E-state index in [1.54, 1.807) is 7.11 Å². The number of aliphatic imine (C=N–C) groups is 1. The predicted octanol–water partition coefficient (Wildman–Crippen LogP) is 2.95. The standard InChI is InChI=1S/C18H38N4O.HI/c1-15(2)6-7-16(3)21-18(19-4)20-14-17-8-10-22(11-9-17)12-13-23-5;/h15-17H,6-14H2,1-5H3,(H2,19,20,21);1H. The lowest BCUT2D eigenvalue weighted by molar-refractivity contribution is 0.121. The molecule has 2 N–H and O–H groups in total. The molecule has 1 aliphatic heterocycles. The summed E-state index contributed by atoms with van der Waals surface area (Å²) in [5, 5.41) is 7.02. The molecule has 0 aromatic carbocycles. The van der Waals surface area contributed by atoms with Crippen molar-refractivity contribution in [3.63, 3.8) is 0 Å². The highest BCUT2D eigenvalue weighted by Crippen LogP contribution is 2.16. The molecule has 1 atom stereocenters. The lowest BCUT2D eigenvalue weighted by Crippen LogP contribution is -2.45. The summed E-state index contributed by atoms with van der Waals surface area (Å²) in [6.07, 6.45) is 4.97. The molecule has 144 valence electrons. The van der Waals surface area contributed by atoms with Gasteiger partial charge in [-0.25, -0.2) is 0 Å². The fourth-order valence-corrected chi connectivity index (χ4v) is 2.96. The van der Waals surface area contributed by atoms with Gasteiger partial charge in [0.25, 0.3) is 0 Å². The number of guanidine groups is 1. The topological polar surface area (TPSA) is 48.9 Å². The largest absolute Gasteiger partial charge is 0.383 e. The molecular weight excluding hydrogens is 415 g/mol. The molecule has 0 radical (unpaired) electrons. The summed E-state index contributed by atoms with van der Waals surface area (Å²) >= 11 is 0. The molecule has 0 saturated carbocycles. The molecule has 24 heavy (non-hydrogen) atoms. The maximum absolute atomic E-state index is 5.16. The normalized spacial score (nSPS) is 18.3. The smallest absolute Gasteiger partial charge is 0.191 e. The Labute approximate surface area is 166 Å². The summed E-state index contributed by atoms with van der Waals surface area (Å²) in [5.41, 5.74) is 0. The molecule has 5 nitrogen and oxygen atoms in total. The van der Waals surface area contributed by atoms with Crippen molar-refractivity contribution in [1.82, 2.24) is 15.5 Å². The van der Waals surface area contributed by atoms with Gasteiger partial charge >= 0.3 is 0 Å². The van der Waals surface area contributed by atoms with Crippen LogP contribution in [0.15, 0.2) is 4.99 Å². The summed E-state index contributed by atoms with van der Waals surface area (Å²) in [7, 11) is 3.63. The van der Waals surface area contributed by atoms with Gasteiger partial charge in [0.1, 0.15) is 0 Å². The Balaban J connectivity index is 0.00000529. The summed E-state index contributed by atoms with van der Waals surface area (Å²) in [4.78, 5) is 6.86. The van der Waals surface area contributed by atoms with Crippen LogP contribution >= 0.6 is 24.0 Å². The van der Waals surface area contributed by atoms with E-state index in [9.17, 15) is 0 Å². The quantitative estimate of drug-likeness (QED) is 0.320. The lowest BCUT2D eigenvalue weighted by atomic mass is 9.97. The van der Waals surface area contributed by atoms with E-state index in [0.29, 0.717) is 6.04 Å². The molecule has 1 unspecified atom stereocenters. The van der Waals surface area contributed by atoms with Crippen LogP contribution in [0.1, 0.15) is 46.5 Å². The second-order valence-electron chi connectivity index (χ2n) is 7.25. The zero-order chi connectivity index (χ0) is 17.1. The third-order valence-corrected chi connectivity index (χ3v) is 4.66. The number of ether oxygens (including phenoxy) is 1. The third-order valence-electron chi connectivity index (χ3n) is 4.66. The van der Waals surface area contributed by atoms with E-state index < -0.39 is 0 Å². The van der Waals surface area contributed by atoms with Crippen LogP contribution in [0.2, 0.25) is 0 Å². The minimum absolute atomic E-state index is 0. The van der Waals surface area contributed by atoms with Gasteiger partial charge in [-0.3, -0.25) is 4.99 Å². The fraction of sp³-hybridized carbons (Fsp3) is 0.944. The monoisotopic (exact) mass is 454 g/mol.